The van der Waals surface area contributed by atoms with E-state index in [4.69, 9.17) is 4.74 Å². The molecule has 1 saturated heterocycles. The second-order valence-corrected chi connectivity index (χ2v) is 4.13. The van der Waals surface area contributed by atoms with Crippen molar-refractivity contribution in [1.82, 2.24) is 10.2 Å². The maximum atomic E-state index is 5.38. The van der Waals surface area contributed by atoms with Crippen LogP contribution in [0.4, 0.5) is 0 Å². The van der Waals surface area contributed by atoms with Crippen molar-refractivity contribution in [2.45, 2.75) is 25.3 Å². The summed E-state index contributed by atoms with van der Waals surface area (Å²) in [4.78, 5) is 2.45. The average molecular weight is 186 g/mol. The van der Waals surface area contributed by atoms with Gasteiger partial charge in [-0.15, -0.1) is 0 Å². The molecule has 0 saturated carbocycles. The molecule has 3 nitrogen and oxygen atoms in total. The van der Waals surface area contributed by atoms with Gasteiger partial charge < -0.3 is 10.1 Å². The molecule has 0 amide bonds. The van der Waals surface area contributed by atoms with Crippen molar-refractivity contribution < 1.29 is 4.74 Å². The standard InChI is InChI=1S/C10H22N2O/c1-10(4-8-13-9-5-10)12(3)7-6-11-2/h11H,4-9H2,1-3H3. The third-order valence-corrected chi connectivity index (χ3v) is 3.19. The van der Waals surface area contributed by atoms with E-state index in [0.717, 1.165) is 39.1 Å². The number of hydrogen-bond donors (Lipinski definition) is 1. The Balaban J connectivity index is 2.37. The van der Waals surface area contributed by atoms with Crippen LogP contribution in [0.1, 0.15) is 19.8 Å². The Morgan fingerprint density at radius 3 is 2.54 bits per heavy atom. The highest BCUT2D eigenvalue weighted by Gasteiger charge is 2.30. The number of likely N-dealkylation sites (N-methyl/N-ethyl adjacent to an activating group) is 2. The van der Waals surface area contributed by atoms with Crippen LogP contribution in [0.3, 0.4) is 0 Å². The van der Waals surface area contributed by atoms with Crippen molar-refractivity contribution in [3.05, 3.63) is 0 Å². The zero-order valence-electron chi connectivity index (χ0n) is 9.10. The summed E-state index contributed by atoms with van der Waals surface area (Å²) in [5, 5.41) is 3.18. The Hall–Kier alpha value is -0.120. The first-order valence-corrected chi connectivity index (χ1v) is 5.13. The molecule has 0 atom stereocenters. The second-order valence-electron chi connectivity index (χ2n) is 4.13. The predicted molar refractivity (Wildman–Crippen MR) is 55.0 cm³/mol. The van der Waals surface area contributed by atoms with Gasteiger partial charge in [0.1, 0.15) is 0 Å². The van der Waals surface area contributed by atoms with Crippen LogP contribution in [0.15, 0.2) is 0 Å². The quantitative estimate of drug-likeness (QED) is 0.699. The molecule has 0 bridgehead atoms. The number of nitrogens with one attached hydrogen (secondary N) is 1. The first-order chi connectivity index (χ1) is 6.19. The molecule has 0 aromatic rings. The summed E-state index contributed by atoms with van der Waals surface area (Å²) in [6.45, 7) is 6.35. The highest BCUT2D eigenvalue weighted by Crippen LogP contribution is 2.25. The SMILES string of the molecule is CNCCN(C)C1(C)CCOCC1. The van der Waals surface area contributed by atoms with Gasteiger partial charge in [-0.25, -0.2) is 0 Å². The number of hydrogen-bond acceptors (Lipinski definition) is 3. The van der Waals surface area contributed by atoms with Crippen LogP contribution in [0.2, 0.25) is 0 Å². The van der Waals surface area contributed by atoms with Gasteiger partial charge in [-0.1, -0.05) is 0 Å². The van der Waals surface area contributed by atoms with E-state index in [1.165, 1.54) is 0 Å². The minimum absolute atomic E-state index is 0.356. The Morgan fingerprint density at radius 1 is 1.38 bits per heavy atom. The average Bonchev–Trinajstić information content (AvgIpc) is 2.15. The molecule has 0 aromatic heterocycles. The Bertz CT molecular complexity index is 144. The Morgan fingerprint density at radius 2 is 2.00 bits per heavy atom. The summed E-state index contributed by atoms with van der Waals surface area (Å²) in [7, 11) is 4.21. The van der Waals surface area contributed by atoms with E-state index in [9.17, 15) is 0 Å². The van der Waals surface area contributed by atoms with Gasteiger partial charge in [0, 0.05) is 31.8 Å². The van der Waals surface area contributed by atoms with Gasteiger partial charge in [0.15, 0.2) is 0 Å². The molecule has 13 heavy (non-hydrogen) atoms. The van der Waals surface area contributed by atoms with Crippen LogP contribution >= 0.6 is 0 Å². The predicted octanol–water partition coefficient (Wildman–Crippen LogP) is 0.707. The zero-order valence-corrected chi connectivity index (χ0v) is 9.10. The summed E-state index contributed by atoms with van der Waals surface area (Å²) < 4.78 is 5.38. The van der Waals surface area contributed by atoms with Crippen molar-refractivity contribution in [2.24, 2.45) is 0 Å². The van der Waals surface area contributed by atoms with Crippen LogP contribution in [0.5, 0.6) is 0 Å². The number of rotatable bonds is 4. The van der Waals surface area contributed by atoms with Crippen LogP contribution < -0.4 is 5.32 Å². The van der Waals surface area contributed by atoms with Crippen LogP contribution in [-0.2, 0) is 4.74 Å². The lowest BCUT2D eigenvalue weighted by Gasteiger charge is -2.41. The molecule has 1 aliphatic heterocycles. The third-order valence-electron chi connectivity index (χ3n) is 3.19. The van der Waals surface area contributed by atoms with E-state index in [1.807, 2.05) is 7.05 Å². The van der Waals surface area contributed by atoms with Gasteiger partial charge in [-0.3, -0.25) is 4.90 Å². The largest absolute Gasteiger partial charge is 0.381 e. The van der Waals surface area contributed by atoms with E-state index in [0.29, 0.717) is 5.54 Å². The number of nitrogens with zero attached hydrogens (tertiary/aromatic N) is 1. The molecule has 3 heteroatoms. The lowest BCUT2D eigenvalue weighted by Crippen LogP contribution is -2.49. The van der Waals surface area contributed by atoms with E-state index >= 15 is 0 Å². The fraction of sp³-hybridized carbons (Fsp3) is 1.00. The van der Waals surface area contributed by atoms with Gasteiger partial charge in [0.05, 0.1) is 0 Å². The molecule has 1 heterocycles. The molecule has 0 spiro atoms. The monoisotopic (exact) mass is 186 g/mol. The third kappa shape index (κ3) is 2.93. The van der Waals surface area contributed by atoms with E-state index in [1.54, 1.807) is 0 Å². The Labute approximate surface area is 81.4 Å². The highest BCUT2D eigenvalue weighted by atomic mass is 16.5. The topological polar surface area (TPSA) is 24.5 Å². The van der Waals surface area contributed by atoms with Crippen molar-refractivity contribution in [1.29, 1.82) is 0 Å². The first-order valence-electron chi connectivity index (χ1n) is 5.13. The molecule has 0 unspecified atom stereocenters. The summed E-state index contributed by atoms with van der Waals surface area (Å²) in [6, 6.07) is 0. The van der Waals surface area contributed by atoms with E-state index in [2.05, 4.69) is 24.2 Å². The fourth-order valence-electron chi connectivity index (χ4n) is 1.74. The molecule has 0 aliphatic carbocycles. The fourth-order valence-corrected chi connectivity index (χ4v) is 1.74. The molecule has 78 valence electrons. The highest BCUT2D eigenvalue weighted by molar-refractivity contribution is 4.86. The normalized spacial score (nSPS) is 22.2. The smallest absolute Gasteiger partial charge is 0.0483 e. The van der Waals surface area contributed by atoms with Gasteiger partial charge in [-0.05, 0) is 33.9 Å². The van der Waals surface area contributed by atoms with Crippen molar-refractivity contribution in [3.63, 3.8) is 0 Å². The first kappa shape index (κ1) is 11.0. The van der Waals surface area contributed by atoms with E-state index in [-0.39, 0.29) is 0 Å². The lowest BCUT2D eigenvalue weighted by molar-refractivity contribution is -0.00704. The summed E-state index contributed by atoms with van der Waals surface area (Å²) >= 11 is 0. The van der Waals surface area contributed by atoms with Crippen LogP contribution in [-0.4, -0.2) is 50.8 Å². The van der Waals surface area contributed by atoms with E-state index < -0.39 is 0 Å². The molecule has 1 N–H and O–H groups in total. The molecule has 1 fully saturated rings. The molecular formula is C10H22N2O. The molecule has 0 aromatic carbocycles. The van der Waals surface area contributed by atoms with Crippen molar-refractivity contribution in [3.8, 4) is 0 Å². The second kappa shape index (κ2) is 4.94. The summed E-state index contributed by atoms with van der Waals surface area (Å²) in [5.41, 5.74) is 0.356. The molecule has 1 aliphatic rings. The van der Waals surface area contributed by atoms with Gasteiger partial charge in [0.25, 0.3) is 0 Å². The summed E-state index contributed by atoms with van der Waals surface area (Å²) in [5.74, 6) is 0. The molecule has 0 radical (unpaired) electrons. The Kier molecular flexibility index (Phi) is 4.16. The maximum absolute atomic E-state index is 5.38. The minimum atomic E-state index is 0.356. The molecule has 1 rings (SSSR count). The zero-order chi connectivity index (χ0) is 9.73. The maximum Gasteiger partial charge on any atom is 0.0483 e. The van der Waals surface area contributed by atoms with Crippen molar-refractivity contribution >= 4 is 0 Å². The van der Waals surface area contributed by atoms with Gasteiger partial charge >= 0.3 is 0 Å². The number of ether oxygens (including phenoxy) is 1. The summed E-state index contributed by atoms with van der Waals surface area (Å²) in [6.07, 6.45) is 2.32. The van der Waals surface area contributed by atoms with Crippen LogP contribution in [0, 0.1) is 0 Å². The molecular weight excluding hydrogens is 164 g/mol. The van der Waals surface area contributed by atoms with Gasteiger partial charge in [-0.2, -0.15) is 0 Å². The van der Waals surface area contributed by atoms with Crippen molar-refractivity contribution in [2.75, 3.05) is 40.4 Å². The minimum Gasteiger partial charge on any atom is -0.381 e. The van der Waals surface area contributed by atoms with Gasteiger partial charge in [0.2, 0.25) is 0 Å². The van der Waals surface area contributed by atoms with Crippen LogP contribution in [0.25, 0.3) is 0 Å². The lowest BCUT2D eigenvalue weighted by atomic mass is 9.91.